The van der Waals surface area contributed by atoms with E-state index in [4.69, 9.17) is 10.5 Å². The van der Waals surface area contributed by atoms with Crippen molar-refractivity contribution in [3.63, 3.8) is 0 Å². The van der Waals surface area contributed by atoms with E-state index in [-0.39, 0.29) is 12.8 Å². The zero-order chi connectivity index (χ0) is 20.7. The molecule has 1 aliphatic rings. The van der Waals surface area contributed by atoms with Crippen molar-refractivity contribution in [3.8, 4) is 12.1 Å². The third-order valence-electron chi connectivity index (χ3n) is 3.95. The molecule has 0 aromatic carbocycles. The first-order valence-corrected chi connectivity index (χ1v) is 7.77. The summed E-state index contributed by atoms with van der Waals surface area (Å²) in [5.41, 5.74) is 0. The van der Waals surface area contributed by atoms with Gasteiger partial charge in [-0.2, -0.15) is 10.5 Å². The highest BCUT2D eigenvalue weighted by atomic mass is 16.7. The quantitative estimate of drug-likeness (QED) is 0.377. The van der Waals surface area contributed by atoms with Gasteiger partial charge in [-0.15, -0.1) is 10.0 Å². The first-order chi connectivity index (χ1) is 12.7. The Morgan fingerprint density at radius 3 is 1.52 bits per heavy atom. The molecular formula is C13H18N8O6. The van der Waals surface area contributed by atoms with E-state index < -0.39 is 54.0 Å². The smallest absolute Gasteiger partial charge is 0.222 e. The van der Waals surface area contributed by atoms with Gasteiger partial charge >= 0.3 is 0 Å². The summed E-state index contributed by atoms with van der Waals surface area (Å²) in [6.07, 6.45) is -3.54. The lowest BCUT2D eigenvalue weighted by Gasteiger charge is -2.33. The third kappa shape index (κ3) is 4.69. The van der Waals surface area contributed by atoms with Gasteiger partial charge in [-0.1, -0.05) is 0 Å². The number of nitriles is 2. The van der Waals surface area contributed by atoms with Crippen LogP contribution in [0.25, 0.3) is 0 Å². The highest BCUT2D eigenvalue weighted by Crippen LogP contribution is 2.28. The molecule has 14 heteroatoms. The summed E-state index contributed by atoms with van der Waals surface area (Å²) in [5.74, 6) is -1.28. The Morgan fingerprint density at radius 1 is 0.963 bits per heavy atom. The normalized spacial score (nSPS) is 18.4. The van der Waals surface area contributed by atoms with E-state index in [1.165, 1.54) is 0 Å². The minimum absolute atomic E-state index is 0.271. The molecule has 27 heavy (non-hydrogen) atoms. The minimum Gasteiger partial charge on any atom is -0.296 e. The molecule has 0 spiro atoms. The molecule has 0 aliphatic carbocycles. The molecule has 1 aliphatic heterocycles. The molecule has 14 nitrogen and oxygen atoms in total. The van der Waals surface area contributed by atoms with E-state index in [2.05, 4.69) is 0 Å². The van der Waals surface area contributed by atoms with Crippen molar-refractivity contribution in [3.05, 3.63) is 20.2 Å². The van der Waals surface area contributed by atoms with Crippen LogP contribution < -0.4 is 0 Å². The number of hydrogen-bond acceptors (Lipinski definition) is 8. The number of hydrogen-bond donors (Lipinski definition) is 0. The van der Waals surface area contributed by atoms with Crippen molar-refractivity contribution < 1.29 is 19.7 Å². The molecule has 146 valence electrons. The second-order valence-corrected chi connectivity index (χ2v) is 5.56. The second kappa shape index (κ2) is 9.14. The highest BCUT2D eigenvalue weighted by molar-refractivity contribution is 5.78. The Bertz CT molecular complexity index is 642. The molecule has 2 atom stereocenters. The van der Waals surface area contributed by atoms with Crippen molar-refractivity contribution in [2.75, 3.05) is 19.8 Å². The molecule has 1 saturated heterocycles. The molecule has 1 heterocycles. The SMILES string of the molecule is CC(=O)N1CN(C(C)=O)C(N(CCC#N)[N+](=O)[O-])C1N(CCC#N)[N+](=O)[O-]. The Morgan fingerprint density at radius 2 is 1.30 bits per heavy atom. The Hall–Kier alpha value is -3.68. The number of rotatable bonds is 8. The first kappa shape index (κ1) is 21.4. The summed E-state index contributed by atoms with van der Waals surface area (Å²) < 4.78 is 0. The summed E-state index contributed by atoms with van der Waals surface area (Å²) in [6, 6.07) is 3.47. The lowest BCUT2D eigenvalue weighted by molar-refractivity contribution is -0.693. The summed E-state index contributed by atoms with van der Waals surface area (Å²) in [6.45, 7) is 1.01. The van der Waals surface area contributed by atoms with Gasteiger partial charge in [0.1, 0.15) is 6.67 Å². The minimum atomic E-state index is -1.50. The third-order valence-corrected chi connectivity index (χ3v) is 3.95. The molecule has 1 fully saturated rings. The van der Waals surface area contributed by atoms with Crippen LogP contribution >= 0.6 is 0 Å². The van der Waals surface area contributed by atoms with Crippen LogP contribution in [0, 0.1) is 42.9 Å². The van der Waals surface area contributed by atoms with Crippen LogP contribution in [0.3, 0.4) is 0 Å². The fraction of sp³-hybridized carbons (Fsp3) is 0.692. The van der Waals surface area contributed by atoms with Crippen molar-refractivity contribution in [1.82, 2.24) is 19.8 Å². The Labute approximate surface area is 154 Å². The second-order valence-electron chi connectivity index (χ2n) is 5.56. The molecule has 0 N–H and O–H groups in total. The predicted octanol–water partition coefficient (Wildman–Crippen LogP) is -0.879. The van der Waals surface area contributed by atoms with Gasteiger partial charge < -0.3 is 0 Å². The molecule has 0 aromatic heterocycles. The molecule has 1 rings (SSSR count). The fourth-order valence-corrected chi connectivity index (χ4v) is 2.80. The van der Waals surface area contributed by atoms with Crippen molar-refractivity contribution >= 4 is 11.8 Å². The maximum absolute atomic E-state index is 12.0. The van der Waals surface area contributed by atoms with Crippen LogP contribution in [0.1, 0.15) is 26.7 Å². The molecule has 0 saturated carbocycles. The van der Waals surface area contributed by atoms with E-state index in [9.17, 15) is 29.8 Å². The van der Waals surface area contributed by atoms with Gasteiger partial charge in [0.05, 0.1) is 38.1 Å². The van der Waals surface area contributed by atoms with Crippen LogP contribution in [0.2, 0.25) is 0 Å². The summed E-state index contributed by atoms with van der Waals surface area (Å²) in [4.78, 5) is 49.0. The van der Waals surface area contributed by atoms with Gasteiger partial charge in [0.2, 0.25) is 24.1 Å². The van der Waals surface area contributed by atoms with Gasteiger partial charge in [-0.05, 0) is 0 Å². The van der Waals surface area contributed by atoms with Crippen LogP contribution in [0.4, 0.5) is 0 Å². The summed E-state index contributed by atoms with van der Waals surface area (Å²) in [5, 5.41) is 39.9. The van der Waals surface area contributed by atoms with E-state index >= 15 is 0 Å². The topological polar surface area (TPSA) is 181 Å². The van der Waals surface area contributed by atoms with Crippen LogP contribution in [0.15, 0.2) is 0 Å². The molecule has 2 amide bonds. The monoisotopic (exact) mass is 382 g/mol. The van der Waals surface area contributed by atoms with Crippen LogP contribution in [0.5, 0.6) is 0 Å². The van der Waals surface area contributed by atoms with Gasteiger partial charge in [-0.25, -0.2) is 20.2 Å². The van der Waals surface area contributed by atoms with Gasteiger partial charge in [-0.3, -0.25) is 19.4 Å². The Balaban J connectivity index is 3.49. The van der Waals surface area contributed by atoms with Crippen molar-refractivity contribution in [2.24, 2.45) is 0 Å². The number of carbonyl (C=O) groups is 2. The molecule has 0 aromatic rings. The predicted molar refractivity (Wildman–Crippen MR) is 85.3 cm³/mol. The van der Waals surface area contributed by atoms with E-state index in [1.807, 2.05) is 0 Å². The lowest BCUT2D eigenvalue weighted by Crippen LogP contribution is -2.61. The average molecular weight is 382 g/mol. The molecule has 0 radical (unpaired) electrons. The number of carbonyl (C=O) groups excluding carboxylic acids is 2. The first-order valence-electron chi connectivity index (χ1n) is 7.77. The number of nitro groups is 2. The maximum Gasteiger partial charge on any atom is 0.222 e. The van der Waals surface area contributed by atoms with Gasteiger partial charge in [0.25, 0.3) is 0 Å². The van der Waals surface area contributed by atoms with Crippen molar-refractivity contribution in [2.45, 2.75) is 39.0 Å². The largest absolute Gasteiger partial charge is 0.296 e. The highest BCUT2D eigenvalue weighted by Gasteiger charge is 2.55. The number of nitrogens with zero attached hydrogens (tertiary/aromatic N) is 8. The molecular weight excluding hydrogens is 364 g/mol. The van der Waals surface area contributed by atoms with E-state index in [0.29, 0.717) is 10.0 Å². The average Bonchev–Trinajstić information content (AvgIpc) is 2.95. The summed E-state index contributed by atoms with van der Waals surface area (Å²) in [7, 11) is 0. The van der Waals surface area contributed by atoms with Crippen LogP contribution in [-0.4, -0.2) is 73.8 Å². The summed E-state index contributed by atoms with van der Waals surface area (Å²) >= 11 is 0. The standard InChI is InChI=1S/C13H18N8O6/c1-10(22)16-9-17(11(2)23)13(19(21(26)27)8-4-6-15)12(16)18(20(24)25)7-3-5-14/h12-13H,3-4,7-9H2,1-2H3. The number of hydrazine groups is 2. The maximum atomic E-state index is 12.0. The van der Waals surface area contributed by atoms with E-state index in [1.54, 1.807) is 12.1 Å². The Kier molecular flexibility index (Phi) is 7.23. The van der Waals surface area contributed by atoms with Crippen LogP contribution in [-0.2, 0) is 9.59 Å². The lowest BCUT2D eigenvalue weighted by atomic mass is 10.2. The fourth-order valence-electron chi connectivity index (χ4n) is 2.80. The molecule has 0 bridgehead atoms. The van der Waals surface area contributed by atoms with Gasteiger partial charge in [0, 0.05) is 13.8 Å². The van der Waals surface area contributed by atoms with Crippen molar-refractivity contribution in [1.29, 1.82) is 10.5 Å². The van der Waals surface area contributed by atoms with Gasteiger partial charge in [0.15, 0.2) is 10.1 Å². The zero-order valence-corrected chi connectivity index (χ0v) is 14.7. The van der Waals surface area contributed by atoms with E-state index in [0.717, 1.165) is 23.6 Å². The number of amides is 2. The molecule has 2 unspecified atom stereocenters. The zero-order valence-electron chi connectivity index (χ0n) is 14.7.